The van der Waals surface area contributed by atoms with E-state index in [1.807, 2.05) is 6.92 Å². The second-order valence-corrected chi connectivity index (χ2v) is 17.8. The van der Waals surface area contributed by atoms with Crippen LogP contribution >= 0.6 is 11.3 Å². The summed E-state index contributed by atoms with van der Waals surface area (Å²) in [5, 5.41) is 2.35. The molecule has 0 bridgehead atoms. The van der Waals surface area contributed by atoms with Gasteiger partial charge in [-0.2, -0.15) is 0 Å². The Hall–Kier alpha value is -4.15. The summed E-state index contributed by atoms with van der Waals surface area (Å²) in [5.41, 5.74) is 0.269. The van der Waals surface area contributed by atoms with E-state index in [-0.39, 0.29) is 22.6 Å². The van der Waals surface area contributed by atoms with Crippen molar-refractivity contribution in [3.05, 3.63) is 11.6 Å². The lowest BCUT2D eigenvalue weighted by atomic mass is 10.1. The average molecular weight is 827 g/mol. The number of fused-ring (bicyclic) bond motifs is 1. The highest BCUT2D eigenvalue weighted by molar-refractivity contribution is 7.95. The van der Waals surface area contributed by atoms with Gasteiger partial charge in [-0.25, -0.2) is 45.5 Å². The first-order chi connectivity index (χ1) is 25.0. The SMILES string of the molecule is CCCC(=O)OC(C)C(=O)OC(C)C(=O)OC(C)C(=O)OC(C)C(=O)OC(C)C(=O)OC(C)C(=O)NS(=O)(=O)c1cc2c(s1)S(=O)(=O)[C@@H](C)C[C@@H]2NCC. The number of hydrogen-bond donors (Lipinski definition) is 2. The van der Waals surface area contributed by atoms with Crippen LogP contribution in [-0.2, 0) is 81.8 Å². The van der Waals surface area contributed by atoms with Gasteiger partial charge in [-0.05, 0) is 73.9 Å². The molecule has 19 nitrogen and oxygen atoms in total. The molecule has 1 aliphatic rings. The van der Waals surface area contributed by atoms with Crippen molar-refractivity contribution in [1.29, 1.82) is 0 Å². The monoisotopic (exact) mass is 826 g/mol. The van der Waals surface area contributed by atoms with Gasteiger partial charge in [0.1, 0.15) is 8.42 Å². The fourth-order valence-corrected chi connectivity index (χ4v) is 9.58. The largest absolute Gasteiger partial charge is 0.451 e. The Bertz CT molecular complexity index is 1810. The number of carbonyl (C=O) groups is 7. The molecule has 2 rings (SSSR count). The van der Waals surface area contributed by atoms with Gasteiger partial charge in [0.15, 0.2) is 46.5 Å². The van der Waals surface area contributed by atoms with E-state index in [9.17, 15) is 50.4 Å². The van der Waals surface area contributed by atoms with E-state index in [2.05, 4.69) is 5.32 Å². The number of nitrogens with one attached hydrogen (secondary N) is 2. The summed E-state index contributed by atoms with van der Waals surface area (Å²) >= 11 is 0.492. The van der Waals surface area contributed by atoms with Crippen LogP contribution in [0.2, 0.25) is 0 Å². The molecule has 0 saturated heterocycles. The predicted molar refractivity (Wildman–Crippen MR) is 186 cm³/mol. The summed E-state index contributed by atoms with van der Waals surface area (Å²) in [6, 6.07) is 0.752. The number of thiophene rings is 1. The van der Waals surface area contributed by atoms with Crippen LogP contribution in [0.25, 0.3) is 0 Å². The smallest absolute Gasteiger partial charge is 0.347 e. The Kier molecular flexibility index (Phi) is 16.6. The van der Waals surface area contributed by atoms with Crippen LogP contribution in [0.1, 0.15) is 93.2 Å². The molecule has 2 heterocycles. The summed E-state index contributed by atoms with van der Waals surface area (Å²) < 4.78 is 82.6. The highest BCUT2D eigenvalue weighted by Gasteiger charge is 2.40. The highest BCUT2D eigenvalue weighted by Crippen LogP contribution is 2.42. The van der Waals surface area contributed by atoms with Gasteiger partial charge >= 0.3 is 35.8 Å². The van der Waals surface area contributed by atoms with Gasteiger partial charge in [-0.15, -0.1) is 11.3 Å². The van der Waals surface area contributed by atoms with Gasteiger partial charge in [-0.3, -0.25) is 9.59 Å². The second-order valence-electron chi connectivity index (χ2n) is 12.3. The van der Waals surface area contributed by atoms with Gasteiger partial charge in [-0.1, -0.05) is 13.8 Å². The molecule has 8 atom stereocenters. The Morgan fingerprint density at radius 2 is 1.15 bits per heavy atom. The molecule has 54 heavy (non-hydrogen) atoms. The van der Waals surface area contributed by atoms with Crippen LogP contribution in [0.15, 0.2) is 14.5 Å². The van der Waals surface area contributed by atoms with E-state index in [1.54, 1.807) is 11.6 Å². The maximum atomic E-state index is 13.1. The van der Waals surface area contributed by atoms with Crippen LogP contribution in [-0.4, -0.2) is 107 Å². The summed E-state index contributed by atoms with van der Waals surface area (Å²) in [5.74, 6) is -7.86. The maximum absolute atomic E-state index is 13.1. The molecule has 0 aliphatic carbocycles. The Morgan fingerprint density at radius 3 is 1.56 bits per heavy atom. The predicted octanol–water partition coefficient (Wildman–Crippen LogP) is 1.16. The van der Waals surface area contributed by atoms with Crippen LogP contribution in [0.5, 0.6) is 0 Å². The third kappa shape index (κ3) is 12.2. The number of rotatable bonds is 18. The first-order valence-corrected chi connectivity index (χ1v) is 20.7. The minimum absolute atomic E-state index is 0.0746. The number of amides is 1. The zero-order valence-electron chi connectivity index (χ0n) is 31.2. The zero-order chi connectivity index (χ0) is 41.3. The van der Waals surface area contributed by atoms with Crippen molar-refractivity contribution in [2.75, 3.05) is 6.54 Å². The van der Waals surface area contributed by atoms with Crippen molar-refractivity contribution >= 4 is 72.9 Å². The quantitative estimate of drug-likeness (QED) is 0.155. The van der Waals surface area contributed by atoms with Crippen molar-refractivity contribution in [2.45, 2.75) is 138 Å². The summed E-state index contributed by atoms with van der Waals surface area (Å²) in [7, 11) is -8.42. The zero-order valence-corrected chi connectivity index (χ0v) is 33.6. The van der Waals surface area contributed by atoms with Crippen molar-refractivity contribution in [3.8, 4) is 0 Å². The molecule has 0 saturated carbocycles. The lowest BCUT2D eigenvalue weighted by Crippen LogP contribution is -2.41. The van der Waals surface area contributed by atoms with E-state index in [0.717, 1.165) is 34.6 Å². The summed E-state index contributed by atoms with van der Waals surface area (Å²) in [6.45, 7) is 12.2. The molecule has 0 spiro atoms. The Labute approximate surface area is 317 Å². The lowest BCUT2D eigenvalue weighted by molar-refractivity contribution is -0.187. The molecule has 22 heteroatoms. The van der Waals surface area contributed by atoms with Gasteiger partial charge < -0.3 is 33.7 Å². The molecule has 6 unspecified atom stereocenters. The number of esters is 6. The van der Waals surface area contributed by atoms with Crippen molar-refractivity contribution in [2.24, 2.45) is 0 Å². The van der Waals surface area contributed by atoms with Crippen LogP contribution in [0.3, 0.4) is 0 Å². The molecule has 0 radical (unpaired) electrons. The third-order valence-corrected chi connectivity index (χ3v) is 13.4. The van der Waals surface area contributed by atoms with E-state index in [4.69, 9.17) is 28.4 Å². The Morgan fingerprint density at radius 1 is 0.741 bits per heavy atom. The average Bonchev–Trinajstić information content (AvgIpc) is 3.55. The van der Waals surface area contributed by atoms with Crippen LogP contribution in [0, 0.1) is 0 Å². The van der Waals surface area contributed by atoms with Crippen molar-refractivity contribution in [3.63, 3.8) is 0 Å². The second kappa shape index (κ2) is 19.4. The van der Waals surface area contributed by atoms with Gasteiger partial charge in [0.25, 0.3) is 15.9 Å². The molecular formula is C32H46N2O17S3. The fraction of sp³-hybridized carbons (Fsp3) is 0.656. The van der Waals surface area contributed by atoms with Gasteiger partial charge in [0.05, 0.1) is 5.25 Å². The number of carbonyl (C=O) groups excluding carboxylic acids is 7. The molecule has 0 fully saturated rings. The minimum Gasteiger partial charge on any atom is -0.451 e. The van der Waals surface area contributed by atoms with E-state index in [1.165, 1.54) is 19.9 Å². The molecule has 1 amide bonds. The maximum Gasteiger partial charge on any atom is 0.347 e. The van der Waals surface area contributed by atoms with Gasteiger partial charge in [0.2, 0.25) is 0 Å². The number of sulfonamides is 1. The van der Waals surface area contributed by atoms with E-state index >= 15 is 0 Å². The van der Waals surface area contributed by atoms with E-state index in [0.29, 0.717) is 24.3 Å². The van der Waals surface area contributed by atoms with Gasteiger partial charge in [0, 0.05) is 18.0 Å². The number of hydrogen-bond acceptors (Lipinski definition) is 19. The minimum atomic E-state index is -4.60. The topological polar surface area (TPSA) is 267 Å². The summed E-state index contributed by atoms with van der Waals surface area (Å²) in [4.78, 5) is 86.3. The molecule has 1 aliphatic heterocycles. The number of ether oxygens (including phenoxy) is 6. The number of sulfone groups is 1. The fourth-order valence-electron chi connectivity index (χ4n) is 4.54. The standard InChI is InChI=1S/C32H46N2O17S3/c1-10-12-24(35)46-17(5)27(37)48-19(7)29(39)50-21(9)31(41)51-20(8)30(40)49-18(6)28(38)47-16(4)26(36)34-54(44,45)25-14-22-23(33-11-2)13-15(3)53(42,43)32(22)52-25/h14-21,23,33H,10-13H2,1-9H3,(H,34,36)/t15-,16?,17?,18?,19?,20?,21?,23-/m0/s1. The Balaban J connectivity index is 1.90. The molecule has 304 valence electrons. The van der Waals surface area contributed by atoms with Crippen molar-refractivity contribution in [1.82, 2.24) is 10.0 Å². The highest BCUT2D eigenvalue weighted by atomic mass is 32.3. The molecule has 0 aromatic carbocycles. The van der Waals surface area contributed by atoms with Crippen LogP contribution in [0.4, 0.5) is 0 Å². The first-order valence-electron chi connectivity index (χ1n) is 16.9. The lowest BCUT2D eigenvalue weighted by Gasteiger charge is -2.27. The molecule has 1 aromatic rings. The van der Waals surface area contributed by atoms with E-state index < -0.39 is 114 Å². The van der Waals surface area contributed by atoms with Crippen molar-refractivity contribution < 1.29 is 78.8 Å². The molecule has 1 aromatic heterocycles. The third-order valence-electron chi connectivity index (χ3n) is 7.64. The van der Waals surface area contributed by atoms with Crippen LogP contribution < -0.4 is 10.0 Å². The normalized spacial score (nSPS) is 19.6. The summed E-state index contributed by atoms with van der Waals surface area (Å²) in [6.07, 6.45) is -8.70. The molecular weight excluding hydrogens is 781 g/mol. The first kappa shape index (κ1) is 46.0. The molecule has 2 N–H and O–H groups in total.